The summed E-state index contributed by atoms with van der Waals surface area (Å²) in [6, 6.07) is 0. The van der Waals surface area contributed by atoms with E-state index in [9.17, 15) is 4.79 Å². The van der Waals surface area contributed by atoms with Crippen molar-refractivity contribution >= 4 is 23.1 Å². The van der Waals surface area contributed by atoms with Gasteiger partial charge >= 0.3 is 0 Å². The second-order valence-electron chi connectivity index (χ2n) is 6.15. The molecule has 114 valence electrons. The van der Waals surface area contributed by atoms with E-state index >= 15 is 0 Å². The van der Waals surface area contributed by atoms with E-state index in [0.29, 0.717) is 11.6 Å². The first kappa shape index (κ1) is 15.7. The van der Waals surface area contributed by atoms with Crippen LogP contribution in [0, 0.1) is 5.92 Å². The van der Waals surface area contributed by atoms with Crippen molar-refractivity contribution in [1.82, 2.24) is 9.80 Å². The highest BCUT2D eigenvalue weighted by Crippen LogP contribution is 2.21. The van der Waals surface area contributed by atoms with Gasteiger partial charge in [-0.3, -0.25) is 9.69 Å². The lowest BCUT2D eigenvalue weighted by Gasteiger charge is -2.44. The molecule has 1 atom stereocenters. The van der Waals surface area contributed by atoms with Crippen LogP contribution in [0.25, 0.3) is 0 Å². The first-order valence-electron chi connectivity index (χ1n) is 7.34. The summed E-state index contributed by atoms with van der Waals surface area (Å²) < 4.78 is 5.41. The van der Waals surface area contributed by atoms with Gasteiger partial charge in [0.05, 0.1) is 23.1 Å². The van der Waals surface area contributed by atoms with E-state index in [1.54, 1.807) is 0 Å². The molecule has 0 spiro atoms. The lowest BCUT2D eigenvalue weighted by molar-refractivity contribution is -0.142. The van der Waals surface area contributed by atoms with E-state index in [0.717, 1.165) is 45.6 Å². The Hall–Kier alpha value is -0.720. The molecule has 1 unspecified atom stereocenters. The summed E-state index contributed by atoms with van der Waals surface area (Å²) in [5.41, 5.74) is 5.53. The molecule has 0 saturated carbocycles. The Morgan fingerprint density at radius 3 is 2.45 bits per heavy atom. The molecule has 2 aliphatic rings. The fraction of sp³-hybridized carbons (Fsp3) is 0.857. The van der Waals surface area contributed by atoms with Crippen molar-refractivity contribution in [1.29, 1.82) is 0 Å². The molecular formula is C14H25N3O2S. The molecule has 0 bridgehead atoms. The highest BCUT2D eigenvalue weighted by Gasteiger charge is 2.35. The number of rotatable bonds is 3. The van der Waals surface area contributed by atoms with Gasteiger partial charge < -0.3 is 15.4 Å². The van der Waals surface area contributed by atoms with Crippen molar-refractivity contribution in [2.24, 2.45) is 11.7 Å². The van der Waals surface area contributed by atoms with E-state index in [2.05, 4.69) is 4.90 Å². The minimum atomic E-state index is -0.279. The standard InChI is InChI=1S/C14H25N3O2S/c1-14(2,13(15)20)17-7-5-16(6-8-17)12(18)11-4-3-9-19-10-11/h11H,3-10H2,1-2H3,(H2,15,20). The Labute approximate surface area is 126 Å². The van der Waals surface area contributed by atoms with Crippen molar-refractivity contribution in [2.45, 2.75) is 32.2 Å². The summed E-state index contributed by atoms with van der Waals surface area (Å²) >= 11 is 5.13. The zero-order valence-electron chi connectivity index (χ0n) is 12.4. The van der Waals surface area contributed by atoms with E-state index < -0.39 is 0 Å². The van der Waals surface area contributed by atoms with Crippen molar-refractivity contribution in [3.8, 4) is 0 Å². The second-order valence-corrected chi connectivity index (χ2v) is 6.59. The maximum absolute atomic E-state index is 12.4. The van der Waals surface area contributed by atoms with Crippen LogP contribution in [0.4, 0.5) is 0 Å². The molecule has 20 heavy (non-hydrogen) atoms. The lowest BCUT2D eigenvalue weighted by Crippen LogP contribution is -2.60. The topological polar surface area (TPSA) is 58.8 Å². The minimum Gasteiger partial charge on any atom is -0.392 e. The molecule has 0 aromatic heterocycles. The monoisotopic (exact) mass is 299 g/mol. The van der Waals surface area contributed by atoms with E-state index in [-0.39, 0.29) is 17.4 Å². The summed E-state index contributed by atoms with van der Waals surface area (Å²) in [5.74, 6) is 0.302. The van der Waals surface area contributed by atoms with E-state index in [4.69, 9.17) is 22.7 Å². The fourth-order valence-electron chi connectivity index (χ4n) is 2.84. The molecule has 2 rings (SSSR count). The van der Waals surface area contributed by atoms with Gasteiger partial charge in [0, 0.05) is 32.8 Å². The van der Waals surface area contributed by atoms with Crippen molar-refractivity contribution in [3.63, 3.8) is 0 Å². The quantitative estimate of drug-likeness (QED) is 0.774. The SMILES string of the molecule is CC(C)(C(N)=S)N1CCN(C(=O)C2CCCOC2)CC1. The molecule has 0 aliphatic carbocycles. The number of nitrogens with zero attached hydrogens (tertiary/aromatic N) is 2. The van der Waals surface area contributed by atoms with Crippen LogP contribution >= 0.6 is 12.2 Å². The molecule has 1 amide bonds. The third-order valence-electron chi connectivity index (χ3n) is 4.49. The van der Waals surface area contributed by atoms with Crippen LogP contribution in [-0.4, -0.2) is 65.6 Å². The molecule has 0 radical (unpaired) electrons. The number of hydrogen-bond donors (Lipinski definition) is 1. The maximum atomic E-state index is 12.4. The average Bonchev–Trinajstić information content (AvgIpc) is 2.47. The van der Waals surface area contributed by atoms with Crippen molar-refractivity contribution in [3.05, 3.63) is 0 Å². The molecule has 2 N–H and O–H groups in total. The first-order chi connectivity index (χ1) is 9.43. The Morgan fingerprint density at radius 1 is 1.30 bits per heavy atom. The predicted octanol–water partition coefficient (Wildman–Crippen LogP) is 0.622. The van der Waals surface area contributed by atoms with Gasteiger partial charge in [-0.05, 0) is 26.7 Å². The minimum absolute atomic E-state index is 0.0545. The number of nitrogens with two attached hydrogens (primary N) is 1. The number of amides is 1. The summed E-state index contributed by atoms with van der Waals surface area (Å²) in [6.07, 6.45) is 1.95. The molecule has 2 fully saturated rings. The average molecular weight is 299 g/mol. The van der Waals surface area contributed by atoms with Crippen LogP contribution in [0.5, 0.6) is 0 Å². The van der Waals surface area contributed by atoms with Gasteiger partial charge in [-0.15, -0.1) is 0 Å². The van der Waals surface area contributed by atoms with E-state index in [1.807, 2.05) is 18.7 Å². The Kier molecular flexibility index (Phi) is 4.99. The van der Waals surface area contributed by atoms with E-state index in [1.165, 1.54) is 0 Å². The van der Waals surface area contributed by atoms with Gasteiger partial charge in [0.1, 0.15) is 0 Å². The lowest BCUT2D eigenvalue weighted by atomic mass is 9.99. The number of thiocarbonyl (C=S) groups is 1. The van der Waals surface area contributed by atoms with Crippen LogP contribution in [0.1, 0.15) is 26.7 Å². The highest BCUT2D eigenvalue weighted by molar-refractivity contribution is 7.80. The molecule has 6 heteroatoms. The van der Waals surface area contributed by atoms with Gasteiger partial charge in [-0.25, -0.2) is 0 Å². The molecule has 0 aromatic carbocycles. The Morgan fingerprint density at radius 2 is 1.95 bits per heavy atom. The highest BCUT2D eigenvalue weighted by atomic mass is 32.1. The van der Waals surface area contributed by atoms with Crippen molar-refractivity contribution in [2.75, 3.05) is 39.4 Å². The number of hydrogen-bond acceptors (Lipinski definition) is 4. The third-order valence-corrected chi connectivity index (χ3v) is 4.99. The zero-order valence-corrected chi connectivity index (χ0v) is 13.2. The normalized spacial score (nSPS) is 25.5. The second kappa shape index (κ2) is 6.37. The molecule has 2 heterocycles. The van der Waals surface area contributed by atoms with Crippen LogP contribution < -0.4 is 5.73 Å². The van der Waals surface area contributed by atoms with Crippen LogP contribution in [0.2, 0.25) is 0 Å². The van der Waals surface area contributed by atoms with Gasteiger partial charge in [0.15, 0.2) is 0 Å². The number of carbonyl (C=O) groups is 1. The molecular weight excluding hydrogens is 274 g/mol. The molecule has 0 aromatic rings. The van der Waals surface area contributed by atoms with Crippen molar-refractivity contribution < 1.29 is 9.53 Å². The number of ether oxygens (including phenoxy) is 1. The van der Waals surface area contributed by atoms with Gasteiger partial charge in [0.2, 0.25) is 5.91 Å². The third kappa shape index (κ3) is 3.30. The molecule has 5 nitrogen and oxygen atoms in total. The summed E-state index contributed by atoms with van der Waals surface area (Å²) in [5, 5.41) is 0. The maximum Gasteiger partial charge on any atom is 0.228 e. The van der Waals surface area contributed by atoms with Gasteiger partial charge in [-0.2, -0.15) is 0 Å². The zero-order chi connectivity index (χ0) is 14.8. The molecule has 2 saturated heterocycles. The predicted molar refractivity (Wildman–Crippen MR) is 82.6 cm³/mol. The van der Waals surface area contributed by atoms with Gasteiger partial charge in [0.25, 0.3) is 0 Å². The van der Waals surface area contributed by atoms with Crippen LogP contribution in [-0.2, 0) is 9.53 Å². The van der Waals surface area contributed by atoms with Crippen LogP contribution in [0.3, 0.4) is 0 Å². The summed E-state index contributed by atoms with van der Waals surface area (Å²) in [4.78, 5) is 17.2. The first-order valence-corrected chi connectivity index (χ1v) is 7.75. The Bertz CT molecular complexity index is 373. The Balaban J connectivity index is 1.87. The van der Waals surface area contributed by atoms with Gasteiger partial charge in [-0.1, -0.05) is 12.2 Å². The fourth-order valence-corrected chi connectivity index (χ4v) is 2.96. The smallest absolute Gasteiger partial charge is 0.228 e. The summed E-state index contributed by atoms with van der Waals surface area (Å²) in [7, 11) is 0. The largest absolute Gasteiger partial charge is 0.392 e. The molecule has 2 aliphatic heterocycles. The number of piperazine rings is 1. The summed E-state index contributed by atoms with van der Waals surface area (Å²) in [6.45, 7) is 8.61. The van der Waals surface area contributed by atoms with Crippen LogP contribution in [0.15, 0.2) is 0 Å². The number of carbonyl (C=O) groups excluding carboxylic acids is 1.